The molecule has 1 aromatic carbocycles. The lowest BCUT2D eigenvalue weighted by Crippen LogP contribution is -2.12. The number of benzene rings is 1. The van der Waals surface area contributed by atoms with E-state index in [9.17, 15) is 4.39 Å². The predicted molar refractivity (Wildman–Crippen MR) is 66.5 cm³/mol. The fourth-order valence-corrected chi connectivity index (χ4v) is 2.39. The fraction of sp³-hybridized carbons (Fsp3) is 0.571. The monoisotopic (exact) mass is 237 g/mol. The van der Waals surface area contributed by atoms with E-state index < -0.39 is 0 Å². The normalized spacial score (nSPS) is 18.3. The van der Waals surface area contributed by atoms with Crippen LogP contribution in [0.5, 0.6) is 5.75 Å². The van der Waals surface area contributed by atoms with Gasteiger partial charge in [0.2, 0.25) is 0 Å². The van der Waals surface area contributed by atoms with E-state index in [0.29, 0.717) is 5.92 Å². The van der Waals surface area contributed by atoms with Crippen LogP contribution >= 0.6 is 0 Å². The number of ether oxygens (including phenoxy) is 1. The van der Waals surface area contributed by atoms with Gasteiger partial charge in [-0.2, -0.15) is 0 Å². The van der Waals surface area contributed by atoms with Gasteiger partial charge in [0.1, 0.15) is 11.6 Å². The minimum Gasteiger partial charge on any atom is -0.493 e. The van der Waals surface area contributed by atoms with E-state index in [0.717, 1.165) is 17.9 Å². The molecule has 1 saturated carbocycles. The van der Waals surface area contributed by atoms with Crippen molar-refractivity contribution in [1.82, 2.24) is 0 Å². The van der Waals surface area contributed by atoms with E-state index >= 15 is 0 Å². The molecule has 3 heteroatoms. The fourth-order valence-electron chi connectivity index (χ4n) is 2.39. The summed E-state index contributed by atoms with van der Waals surface area (Å²) in [6, 6.07) is 4.37. The summed E-state index contributed by atoms with van der Waals surface area (Å²) in [4.78, 5) is 0. The van der Waals surface area contributed by atoms with Crippen LogP contribution in [0.4, 0.5) is 4.39 Å². The minimum atomic E-state index is -0.259. The maximum atomic E-state index is 13.1. The van der Waals surface area contributed by atoms with Crippen LogP contribution in [-0.4, -0.2) is 6.61 Å². The maximum absolute atomic E-state index is 13.1. The summed E-state index contributed by atoms with van der Waals surface area (Å²) in [6.45, 7) is 2.57. The van der Waals surface area contributed by atoms with Gasteiger partial charge in [-0.3, -0.25) is 0 Å². The molecule has 0 amide bonds. The second-order valence-corrected chi connectivity index (χ2v) is 4.93. The molecule has 17 heavy (non-hydrogen) atoms. The van der Waals surface area contributed by atoms with E-state index in [-0.39, 0.29) is 11.9 Å². The van der Waals surface area contributed by atoms with Gasteiger partial charge in [-0.15, -0.1) is 0 Å². The molecule has 0 spiro atoms. The van der Waals surface area contributed by atoms with Gasteiger partial charge in [-0.25, -0.2) is 4.39 Å². The largest absolute Gasteiger partial charge is 0.493 e. The Kier molecular flexibility index (Phi) is 4.00. The average molecular weight is 237 g/mol. The molecule has 1 aliphatic carbocycles. The molecule has 0 bridgehead atoms. The quantitative estimate of drug-likeness (QED) is 0.871. The SMILES string of the molecule is CC(N)c1cc(F)ccc1OCC1CCCC1. The van der Waals surface area contributed by atoms with Crippen molar-refractivity contribution in [3.63, 3.8) is 0 Å². The van der Waals surface area contributed by atoms with E-state index in [1.54, 1.807) is 6.07 Å². The highest BCUT2D eigenvalue weighted by Crippen LogP contribution is 2.28. The molecule has 0 aliphatic heterocycles. The van der Waals surface area contributed by atoms with Crippen molar-refractivity contribution < 1.29 is 9.13 Å². The van der Waals surface area contributed by atoms with Crippen LogP contribution in [0.2, 0.25) is 0 Å². The van der Waals surface area contributed by atoms with Crippen molar-refractivity contribution >= 4 is 0 Å². The number of halogens is 1. The Morgan fingerprint density at radius 2 is 2.12 bits per heavy atom. The first-order valence-corrected chi connectivity index (χ1v) is 6.34. The lowest BCUT2D eigenvalue weighted by atomic mass is 10.1. The Labute approximate surface area is 102 Å². The van der Waals surface area contributed by atoms with Crippen molar-refractivity contribution in [2.45, 2.75) is 38.6 Å². The summed E-state index contributed by atoms with van der Waals surface area (Å²) >= 11 is 0. The van der Waals surface area contributed by atoms with Crippen LogP contribution in [0, 0.1) is 11.7 Å². The van der Waals surface area contributed by atoms with Gasteiger partial charge in [0.15, 0.2) is 0 Å². The Morgan fingerprint density at radius 1 is 1.41 bits per heavy atom. The molecule has 2 nitrogen and oxygen atoms in total. The van der Waals surface area contributed by atoms with E-state index in [2.05, 4.69) is 0 Å². The number of nitrogens with two attached hydrogens (primary N) is 1. The van der Waals surface area contributed by atoms with Crippen LogP contribution in [-0.2, 0) is 0 Å². The zero-order chi connectivity index (χ0) is 12.3. The van der Waals surface area contributed by atoms with Gasteiger partial charge in [-0.05, 0) is 43.9 Å². The average Bonchev–Trinajstić information content (AvgIpc) is 2.80. The Morgan fingerprint density at radius 3 is 2.76 bits per heavy atom. The first kappa shape index (κ1) is 12.4. The minimum absolute atomic E-state index is 0.204. The first-order valence-electron chi connectivity index (χ1n) is 6.34. The van der Waals surface area contributed by atoms with E-state index in [1.165, 1.54) is 37.8 Å². The Hall–Kier alpha value is -1.09. The summed E-state index contributed by atoms with van der Waals surface area (Å²) in [5.74, 6) is 1.12. The molecule has 0 heterocycles. The van der Waals surface area contributed by atoms with Crippen molar-refractivity contribution in [3.05, 3.63) is 29.6 Å². The molecule has 0 saturated heterocycles. The number of hydrogen-bond acceptors (Lipinski definition) is 2. The molecule has 2 rings (SSSR count). The molecular formula is C14H20FNO. The van der Waals surface area contributed by atoms with Gasteiger partial charge < -0.3 is 10.5 Å². The van der Waals surface area contributed by atoms with Crippen LogP contribution in [0.1, 0.15) is 44.2 Å². The standard InChI is InChI=1S/C14H20FNO/c1-10(16)13-8-12(15)6-7-14(13)17-9-11-4-2-3-5-11/h6-8,10-11H,2-5,9,16H2,1H3. The lowest BCUT2D eigenvalue weighted by molar-refractivity contribution is 0.249. The van der Waals surface area contributed by atoms with Crippen LogP contribution < -0.4 is 10.5 Å². The van der Waals surface area contributed by atoms with Crippen LogP contribution in [0.3, 0.4) is 0 Å². The first-order chi connectivity index (χ1) is 8.16. The molecule has 94 valence electrons. The third-order valence-corrected chi connectivity index (χ3v) is 3.41. The third kappa shape index (κ3) is 3.19. The van der Waals surface area contributed by atoms with Gasteiger partial charge in [0.05, 0.1) is 6.61 Å². The molecule has 1 aromatic rings. The van der Waals surface area contributed by atoms with E-state index in [1.807, 2.05) is 6.92 Å². The predicted octanol–water partition coefficient (Wildman–Crippen LogP) is 3.41. The number of hydrogen-bond donors (Lipinski definition) is 1. The second kappa shape index (κ2) is 5.50. The third-order valence-electron chi connectivity index (χ3n) is 3.41. The van der Waals surface area contributed by atoms with Gasteiger partial charge in [0, 0.05) is 11.6 Å². The highest BCUT2D eigenvalue weighted by atomic mass is 19.1. The van der Waals surface area contributed by atoms with Gasteiger partial charge in [0.25, 0.3) is 0 Å². The highest BCUT2D eigenvalue weighted by molar-refractivity contribution is 5.36. The van der Waals surface area contributed by atoms with Crippen molar-refractivity contribution in [1.29, 1.82) is 0 Å². The smallest absolute Gasteiger partial charge is 0.124 e. The summed E-state index contributed by atoms with van der Waals surface area (Å²) in [7, 11) is 0. The molecule has 1 atom stereocenters. The Bertz CT molecular complexity index is 372. The summed E-state index contributed by atoms with van der Waals surface area (Å²) in [6.07, 6.45) is 5.10. The van der Waals surface area contributed by atoms with Crippen molar-refractivity contribution in [3.8, 4) is 5.75 Å². The zero-order valence-corrected chi connectivity index (χ0v) is 10.3. The summed E-state index contributed by atoms with van der Waals surface area (Å²) < 4.78 is 18.9. The second-order valence-electron chi connectivity index (χ2n) is 4.93. The molecular weight excluding hydrogens is 217 g/mol. The number of rotatable bonds is 4. The summed E-state index contributed by atoms with van der Waals surface area (Å²) in [5.41, 5.74) is 6.57. The molecule has 0 radical (unpaired) electrons. The zero-order valence-electron chi connectivity index (χ0n) is 10.3. The molecule has 1 fully saturated rings. The van der Waals surface area contributed by atoms with Gasteiger partial charge in [-0.1, -0.05) is 12.8 Å². The van der Waals surface area contributed by atoms with Crippen LogP contribution in [0.25, 0.3) is 0 Å². The van der Waals surface area contributed by atoms with Gasteiger partial charge >= 0.3 is 0 Å². The molecule has 0 aromatic heterocycles. The summed E-state index contributed by atoms with van der Waals surface area (Å²) in [5, 5.41) is 0. The maximum Gasteiger partial charge on any atom is 0.124 e. The van der Waals surface area contributed by atoms with E-state index in [4.69, 9.17) is 10.5 Å². The lowest BCUT2D eigenvalue weighted by Gasteiger charge is -2.16. The van der Waals surface area contributed by atoms with Crippen molar-refractivity contribution in [2.24, 2.45) is 11.7 Å². The Balaban J connectivity index is 2.03. The molecule has 1 unspecified atom stereocenters. The molecule has 1 aliphatic rings. The van der Waals surface area contributed by atoms with Crippen LogP contribution in [0.15, 0.2) is 18.2 Å². The molecule has 2 N–H and O–H groups in total. The van der Waals surface area contributed by atoms with Crippen molar-refractivity contribution in [2.75, 3.05) is 6.61 Å². The topological polar surface area (TPSA) is 35.2 Å². The highest BCUT2D eigenvalue weighted by Gasteiger charge is 2.17.